The first-order valence-electron chi connectivity index (χ1n) is 5.38. The molecule has 1 aromatic heterocycles. The van der Waals surface area contributed by atoms with Gasteiger partial charge in [0, 0.05) is 29.1 Å². The zero-order valence-corrected chi connectivity index (χ0v) is 9.89. The summed E-state index contributed by atoms with van der Waals surface area (Å²) < 4.78 is 40.9. The molecule has 2 rings (SSSR count). The number of aldehydes is 1. The summed E-state index contributed by atoms with van der Waals surface area (Å²) in [6.45, 7) is 0. The summed E-state index contributed by atoms with van der Waals surface area (Å²) in [5.41, 5.74) is 0.409. The number of ether oxygens (including phenoxy) is 1. The molecule has 0 saturated heterocycles. The van der Waals surface area contributed by atoms with Crippen molar-refractivity contribution in [2.24, 2.45) is 0 Å². The van der Waals surface area contributed by atoms with Crippen molar-refractivity contribution in [3.8, 4) is 22.6 Å². The van der Waals surface area contributed by atoms with Crippen LogP contribution in [0.1, 0.15) is 10.4 Å². The molecule has 0 fully saturated rings. The quantitative estimate of drug-likeness (QED) is 0.879. The van der Waals surface area contributed by atoms with Crippen molar-refractivity contribution >= 4 is 6.29 Å². The van der Waals surface area contributed by atoms with Gasteiger partial charge in [-0.25, -0.2) is 0 Å². The van der Waals surface area contributed by atoms with Gasteiger partial charge in [0.25, 0.3) is 0 Å². The topological polar surface area (TPSA) is 59.4 Å². The Hall–Kier alpha value is -2.57. The fraction of sp³-hybridized carbons (Fsp3) is 0.0769. The van der Waals surface area contributed by atoms with Crippen LogP contribution >= 0.6 is 0 Å². The number of aromatic hydroxyl groups is 1. The summed E-state index contributed by atoms with van der Waals surface area (Å²) in [5, 5.41) is 9.40. The van der Waals surface area contributed by atoms with Crippen molar-refractivity contribution in [3.05, 3.63) is 42.2 Å². The third-order valence-corrected chi connectivity index (χ3v) is 2.40. The lowest BCUT2D eigenvalue weighted by Gasteiger charge is -2.13. The number of alkyl halides is 3. The van der Waals surface area contributed by atoms with Gasteiger partial charge in [0.1, 0.15) is 11.5 Å². The number of nitrogens with zero attached hydrogens (tertiary/aromatic N) is 1. The Morgan fingerprint density at radius 2 is 1.95 bits per heavy atom. The van der Waals surface area contributed by atoms with Crippen LogP contribution in [0.5, 0.6) is 11.5 Å². The Morgan fingerprint density at radius 3 is 2.60 bits per heavy atom. The van der Waals surface area contributed by atoms with Crippen LogP contribution in [-0.2, 0) is 0 Å². The van der Waals surface area contributed by atoms with E-state index in [-0.39, 0.29) is 22.4 Å². The van der Waals surface area contributed by atoms with Gasteiger partial charge in [-0.15, -0.1) is 13.2 Å². The molecule has 0 spiro atoms. The molecule has 1 heterocycles. The predicted octanol–water partition coefficient (Wildman–Crippen LogP) is 3.17. The Kier molecular flexibility index (Phi) is 3.60. The molecule has 0 aliphatic carbocycles. The molecule has 0 unspecified atom stereocenters. The molecule has 0 saturated carbocycles. The lowest BCUT2D eigenvalue weighted by molar-refractivity contribution is -0.274. The molecule has 0 amide bonds. The van der Waals surface area contributed by atoms with E-state index in [9.17, 15) is 23.1 Å². The van der Waals surface area contributed by atoms with Crippen molar-refractivity contribution < 1.29 is 27.8 Å². The number of hydrogen-bond donors (Lipinski definition) is 1. The first-order chi connectivity index (χ1) is 9.39. The van der Waals surface area contributed by atoms with Gasteiger partial charge in [0.2, 0.25) is 0 Å². The molecule has 0 aliphatic rings. The third-order valence-electron chi connectivity index (χ3n) is 2.40. The number of phenolic OH excluding ortho intramolecular Hbond substituents is 1. The highest BCUT2D eigenvalue weighted by Gasteiger charge is 2.32. The Morgan fingerprint density at radius 1 is 1.20 bits per heavy atom. The standard InChI is InChI=1S/C13H8F3NO3/c14-13(15,16)20-12-2-1-10(19)4-11(12)9-3-8(7-18)5-17-6-9/h1-7,19H. The van der Waals surface area contributed by atoms with Crippen LogP contribution in [-0.4, -0.2) is 22.7 Å². The van der Waals surface area contributed by atoms with E-state index in [1.54, 1.807) is 0 Å². The largest absolute Gasteiger partial charge is 0.573 e. The van der Waals surface area contributed by atoms with E-state index in [0.717, 1.165) is 18.2 Å². The Labute approximate surface area is 111 Å². The van der Waals surface area contributed by atoms with Crippen molar-refractivity contribution in [3.63, 3.8) is 0 Å². The van der Waals surface area contributed by atoms with Crippen LogP contribution in [0.25, 0.3) is 11.1 Å². The van der Waals surface area contributed by atoms with Crippen LogP contribution in [0.3, 0.4) is 0 Å². The molecule has 1 N–H and O–H groups in total. The van der Waals surface area contributed by atoms with Crippen LogP contribution in [0, 0.1) is 0 Å². The van der Waals surface area contributed by atoms with Crippen molar-refractivity contribution in [2.75, 3.05) is 0 Å². The molecular weight excluding hydrogens is 275 g/mol. The molecule has 1 aromatic carbocycles. The van der Waals surface area contributed by atoms with Crippen LogP contribution < -0.4 is 4.74 Å². The number of carbonyl (C=O) groups is 1. The van der Waals surface area contributed by atoms with Gasteiger partial charge in [-0.05, 0) is 24.3 Å². The molecule has 104 valence electrons. The van der Waals surface area contributed by atoms with Gasteiger partial charge in [0.05, 0.1) is 0 Å². The Bertz CT molecular complexity index is 641. The highest BCUT2D eigenvalue weighted by atomic mass is 19.4. The lowest BCUT2D eigenvalue weighted by Crippen LogP contribution is -2.17. The minimum atomic E-state index is -4.86. The molecule has 0 bridgehead atoms. The van der Waals surface area contributed by atoms with Crippen molar-refractivity contribution in [2.45, 2.75) is 6.36 Å². The molecule has 0 radical (unpaired) electrons. The molecule has 4 nitrogen and oxygen atoms in total. The van der Waals surface area contributed by atoms with Gasteiger partial charge >= 0.3 is 6.36 Å². The second kappa shape index (κ2) is 5.20. The van der Waals surface area contributed by atoms with E-state index in [4.69, 9.17) is 0 Å². The monoisotopic (exact) mass is 283 g/mol. The zero-order valence-electron chi connectivity index (χ0n) is 9.89. The zero-order chi connectivity index (χ0) is 14.8. The molecule has 7 heteroatoms. The first-order valence-corrected chi connectivity index (χ1v) is 5.38. The smallest absolute Gasteiger partial charge is 0.508 e. The highest BCUT2D eigenvalue weighted by molar-refractivity contribution is 5.79. The van der Waals surface area contributed by atoms with E-state index in [2.05, 4.69) is 9.72 Å². The summed E-state index contributed by atoms with van der Waals surface area (Å²) in [4.78, 5) is 14.4. The SMILES string of the molecule is O=Cc1cncc(-c2cc(O)ccc2OC(F)(F)F)c1. The summed E-state index contributed by atoms with van der Waals surface area (Å²) in [7, 11) is 0. The van der Waals surface area contributed by atoms with Gasteiger partial charge in [-0.3, -0.25) is 9.78 Å². The average molecular weight is 283 g/mol. The number of benzene rings is 1. The summed E-state index contributed by atoms with van der Waals surface area (Å²) in [6, 6.07) is 4.51. The van der Waals surface area contributed by atoms with Crippen LogP contribution in [0.15, 0.2) is 36.7 Å². The van der Waals surface area contributed by atoms with Gasteiger partial charge in [-0.2, -0.15) is 0 Å². The number of hydrogen-bond acceptors (Lipinski definition) is 4. The van der Waals surface area contributed by atoms with E-state index in [0.29, 0.717) is 6.29 Å². The van der Waals surface area contributed by atoms with Gasteiger partial charge in [0.15, 0.2) is 6.29 Å². The van der Waals surface area contributed by atoms with Crippen LogP contribution in [0.2, 0.25) is 0 Å². The van der Waals surface area contributed by atoms with E-state index >= 15 is 0 Å². The molecule has 0 atom stereocenters. The number of halogens is 3. The maximum atomic E-state index is 12.3. The van der Waals surface area contributed by atoms with Gasteiger partial charge in [-0.1, -0.05) is 0 Å². The molecule has 20 heavy (non-hydrogen) atoms. The first kappa shape index (κ1) is 13.9. The van der Waals surface area contributed by atoms with Crippen molar-refractivity contribution in [1.82, 2.24) is 4.98 Å². The number of aromatic nitrogens is 1. The third kappa shape index (κ3) is 3.25. The fourth-order valence-electron chi connectivity index (χ4n) is 1.63. The summed E-state index contributed by atoms with van der Waals surface area (Å²) >= 11 is 0. The lowest BCUT2D eigenvalue weighted by atomic mass is 10.0. The average Bonchev–Trinajstić information content (AvgIpc) is 2.39. The van der Waals surface area contributed by atoms with E-state index < -0.39 is 12.1 Å². The van der Waals surface area contributed by atoms with Crippen LogP contribution in [0.4, 0.5) is 13.2 Å². The predicted molar refractivity (Wildman–Crippen MR) is 63.4 cm³/mol. The maximum absolute atomic E-state index is 12.3. The second-order valence-corrected chi connectivity index (χ2v) is 3.85. The highest BCUT2D eigenvalue weighted by Crippen LogP contribution is 2.36. The number of pyridine rings is 1. The summed E-state index contributed by atoms with van der Waals surface area (Å²) in [6.07, 6.45) is -1.81. The number of phenols is 1. The Balaban J connectivity index is 2.53. The van der Waals surface area contributed by atoms with Crippen molar-refractivity contribution in [1.29, 1.82) is 0 Å². The van der Waals surface area contributed by atoms with E-state index in [1.165, 1.54) is 18.5 Å². The minimum absolute atomic E-state index is 0.0153. The molecule has 0 aliphatic heterocycles. The number of carbonyl (C=O) groups excluding carboxylic acids is 1. The normalized spacial score (nSPS) is 11.2. The minimum Gasteiger partial charge on any atom is -0.508 e. The second-order valence-electron chi connectivity index (χ2n) is 3.85. The fourth-order valence-corrected chi connectivity index (χ4v) is 1.63. The maximum Gasteiger partial charge on any atom is 0.573 e. The molecular formula is C13H8F3NO3. The van der Waals surface area contributed by atoms with E-state index in [1.807, 2.05) is 0 Å². The van der Waals surface area contributed by atoms with Gasteiger partial charge < -0.3 is 9.84 Å². The summed E-state index contributed by atoms with van der Waals surface area (Å²) in [5.74, 6) is -0.717. The number of rotatable bonds is 3. The molecule has 2 aromatic rings.